The second-order valence-electron chi connectivity index (χ2n) is 7.47. The predicted molar refractivity (Wildman–Crippen MR) is 95.3 cm³/mol. The number of benzene rings is 1. The second-order valence-corrected chi connectivity index (χ2v) is 7.47. The molecule has 0 bridgehead atoms. The third-order valence-electron chi connectivity index (χ3n) is 4.93. The van der Waals surface area contributed by atoms with Crippen LogP contribution < -0.4 is 0 Å². The lowest BCUT2D eigenvalue weighted by molar-refractivity contribution is 0.0988. The highest BCUT2D eigenvalue weighted by molar-refractivity contribution is 6.01. The Morgan fingerprint density at radius 1 is 1.09 bits per heavy atom. The third-order valence-corrected chi connectivity index (χ3v) is 4.93. The second kappa shape index (κ2) is 5.87. The summed E-state index contributed by atoms with van der Waals surface area (Å²) in [5.74, 6) is 0.239. The molecule has 0 unspecified atom stereocenters. The minimum absolute atomic E-state index is 0.0600. The zero-order valence-electron chi connectivity index (χ0n) is 15.1. The van der Waals surface area contributed by atoms with Crippen molar-refractivity contribution in [1.29, 1.82) is 0 Å². The zero-order valence-corrected chi connectivity index (χ0v) is 15.1. The van der Waals surface area contributed by atoms with Crippen molar-refractivity contribution >= 4 is 11.4 Å². The molecular weight excluding hydrogens is 268 g/mol. The fraction of sp³-hybridized carbons (Fsp3) is 0.476. The average molecular weight is 296 g/mol. The first-order chi connectivity index (χ1) is 10.2. The van der Waals surface area contributed by atoms with Gasteiger partial charge < -0.3 is 0 Å². The van der Waals surface area contributed by atoms with Gasteiger partial charge in [0.25, 0.3) is 0 Å². The predicted octanol–water partition coefficient (Wildman–Crippen LogP) is 6.09. The van der Waals surface area contributed by atoms with E-state index in [4.69, 9.17) is 0 Å². The maximum atomic E-state index is 12.5. The number of ketones is 1. The van der Waals surface area contributed by atoms with Crippen LogP contribution in [0, 0.1) is 0 Å². The van der Waals surface area contributed by atoms with Crippen LogP contribution in [0.25, 0.3) is 5.57 Å². The summed E-state index contributed by atoms with van der Waals surface area (Å²) >= 11 is 0. The first-order valence-electron chi connectivity index (χ1n) is 8.21. The first-order valence-corrected chi connectivity index (χ1v) is 8.21. The highest BCUT2D eigenvalue weighted by Gasteiger charge is 2.23. The molecule has 0 radical (unpaired) electrons. The van der Waals surface area contributed by atoms with Gasteiger partial charge in [0.05, 0.1) is 0 Å². The Morgan fingerprint density at radius 3 is 2.18 bits per heavy atom. The number of hydrogen-bond acceptors (Lipinski definition) is 1. The van der Waals surface area contributed by atoms with Gasteiger partial charge in [-0.3, -0.25) is 4.79 Å². The smallest absolute Gasteiger partial charge is 0.163 e. The molecule has 1 heteroatoms. The molecule has 0 saturated carbocycles. The number of Topliss-reactive ketones (excluding diaryl/α,β-unsaturated/α-hetero) is 1. The van der Waals surface area contributed by atoms with Gasteiger partial charge in [0, 0.05) is 12.0 Å². The molecule has 1 aromatic carbocycles. The van der Waals surface area contributed by atoms with E-state index in [1.54, 1.807) is 0 Å². The molecule has 0 spiro atoms. The van der Waals surface area contributed by atoms with Crippen molar-refractivity contribution in [2.75, 3.05) is 0 Å². The summed E-state index contributed by atoms with van der Waals surface area (Å²) in [4.78, 5) is 12.5. The van der Waals surface area contributed by atoms with E-state index < -0.39 is 0 Å². The molecule has 0 atom stereocenters. The van der Waals surface area contributed by atoms with E-state index in [0.717, 1.165) is 17.5 Å². The Bertz CT molecular complexity index is 678. The lowest BCUT2D eigenvalue weighted by Crippen LogP contribution is -2.13. The molecule has 0 N–H and O–H groups in total. The molecule has 1 aliphatic rings. The van der Waals surface area contributed by atoms with Crippen molar-refractivity contribution in [3.63, 3.8) is 0 Å². The van der Waals surface area contributed by atoms with E-state index in [1.165, 1.54) is 27.9 Å². The molecule has 1 aliphatic carbocycles. The minimum Gasteiger partial charge on any atom is -0.294 e. The summed E-state index contributed by atoms with van der Waals surface area (Å²) in [7, 11) is 0. The summed E-state index contributed by atoms with van der Waals surface area (Å²) in [6.45, 7) is 15.1. The molecule has 0 saturated heterocycles. The van der Waals surface area contributed by atoms with Gasteiger partial charge in [-0.25, -0.2) is 0 Å². The van der Waals surface area contributed by atoms with Crippen LogP contribution in [0.2, 0.25) is 0 Å². The summed E-state index contributed by atoms with van der Waals surface area (Å²) in [6, 6.07) is 6.46. The van der Waals surface area contributed by atoms with Crippen LogP contribution in [0.15, 0.2) is 34.9 Å². The summed E-state index contributed by atoms with van der Waals surface area (Å²) in [6.07, 6.45) is 1.52. The van der Waals surface area contributed by atoms with Gasteiger partial charge in [-0.2, -0.15) is 0 Å². The molecule has 22 heavy (non-hydrogen) atoms. The Balaban J connectivity index is 2.61. The van der Waals surface area contributed by atoms with Gasteiger partial charge in [-0.15, -0.1) is 0 Å². The summed E-state index contributed by atoms with van der Waals surface area (Å²) in [5, 5.41) is 0. The van der Waals surface area contributed by atoms with Crippen LogP contribution in [-0.2, 0) is 5.41 Å². The number of carbonyl (C=O) groups excluding carboxylic acids is 1. The van der Waals surface area contributed by atoms with Crippen LogP contribution in [-0.4, -0.2) is 5.78 Å². The molecule has 0 fully saturated rings. The number of rotatable bonds is 3. The molecule has 118 valence electrons. The van der Waals surface area contributed by atoms with Crippen molar-refractivity contribution < 1.29 is 4.79 Å². The monoisotopic (exact) mass is 296 g/mol. The standard InChI is InChI=1S/C21H28O/c1-8-20(22)19-12-16(21(5,6)7)9-10-17(19)18-11-13(2)14(3)15(18)4/h9-10,12H,8,11H2,1-7H3. The average Bonchev–Trinajstić information content (AvgIpc) is 2.72. The third kappa shape index (κ3) is 2.95. The minimum atomic E-state index is 0.0600. The number of hydrogen-bond donors (Lipinski definition) is 0. The van der Waals surface area contributed by atoms with E-state index in [9.17, 15) is 4.79 Å². The molecule has 1 aromatic rings. The van der Waals surface area contributed by atoms with Crippen molar-refractivity contribution in [1.82, 2.24) is 0 Å². The van der Waals surface area contributed by atoms with E-state index in [1.807, 2.05) is 6.92 Å². The van der Waals surface area contributed by atoms with Gasteiger partial charge in [-0.05, 0) is 66.5 Å². The van der Waals surface area contributed by atoms with E-state index in [0.29, 0.717) is 6.42 Å². The van der Waals surface area contributed by atoms with E-state index in [-0.39, 0.29) is 11.2 Å². The molecule has 0 heterocycles. The Labute approximate surface area is 135 Å². The van der Waals surface area contributed by atoms with Crippen LogP contribution in [0.5, 0.6) is 0 Å². The van der Waals surface area contributed by atoms with Gasteiger partial charge in [0.2, 0.25) is 0 Å². The first kappa shape index (κ1) is 16.7. The summed E-state index contributed by atoms with van der Waals surface area (Å²) < 4.78 is 0. The quantitative estimate of drug-likeness (QED) is 0.617. The number of allylic oxidation sites excluding steroid dienone is 4. The van der Waals surface area contributed by atoms with E-state index in [2.05, 4.69) is 59.7 Å². The normalized spacial score (nSPS) is 15.8. The van der Waals surface area contributed by atoms with Crippen molar-refractivity contribution in [3.05, 3.63) is 51.6 Å². The lowest BCUT2D eigenvalue weighted by Gasteiger charge is -2.22. The molecule has 0 amide bonds. The zero-order chi connectivity index (χ0) is 16.7. The van der Waals surface area contributed by atoms with Crippen LogP contribution in [0.3, 0.4) is 0 Å². The van der Waals surface area contributed by atoms with E-state index >= 15 is 0 Å². The number of carbonyl (C=O) groups is 1. The van der Waals surface area contributed by atoms with Crippen LogP contribution in [0.1, 0.15) is 82.8 Å². The molecule has 2 rings (SSSR count). The summed E-state index contributed by atoms with van der Waals surface area (Å²) in [5.41, 5.74) is 8.78. The van der Waals surface area contributed by atoms with Crippen molar-refractivity contribution in [3.8, 4) is 0 Å². The Hall–Kier alpha value is -1.63. The molecular formula is C21H28O. The maximum Gasteiger partial charge on any atom is 0.163 e. The van der Waals surface area contributed by atoms with Gasteiger partial charge >= 0.3 is 0 Å². The van der Waals surface area contributed by atoms with Gasteiger partial charge in [-0.1, -0.05) is 45.4 Å². The fourth-order valence-corrected chi connectivity index (χ4v) is 3.07. The van der Waals surface area contributed by atoms with Gasteiger partial charge in [0.15, 0.2) is 5.78 Å². The van der Waals surface area contributed by atoms with Gasteiger partial charge in [0.1, 0.15) is 0 Å². The van der Waals surface area contributed by atoms with Crippen LogP contribution >= 0.6 is 0 Å². The largest absolute Gasteiger partial charge is 0.294 e. The highest BCUT2D eigenvalue weighted by Crippen LogP contribution is 2.40. The Morgan fingerprint density at radius 2 is 1.73 bits per heavy atom. The van der Waals surface area contributed by atoms with Crippen molar-refractivity contribution in [2.45, 2.75) is 66.7 Å². The fourth-order valence-electron chi connectivity index (χ4n) is 3.07. The maximum absolute atomic E-state index is 12.5. The highest BCUT2D eigenvalue weighted by atomic mass is 16.1. The van der Waals surface area contributed by atoms with Crippen molar-refractivity contribution in [2.24, 2.45) is 0 Å². The SMILES string of the molecule is CCC(=O)c1cc(C(C)(C)C)ccc1C1=C(C)C(C)=C(C)C1. The molecule has 0 aromatic heterocycles. The topological polar surface area (TPSA) is 17.1 Å². The lowest BCUT2D eigenvalue weighted by atomic mass is 9.82. The molecule has 1 nitrogen and oxygen atoms in total. The molecule has 0 aliphatic heterocycles. The Kier molecular flexibility index (Phi) is 4.47. The van der Waals surface area contributed by atoms with Crippen LogP contribution in [0.4, 0.5) is 0 Å².